The van der Waals surface area contributed by atoms with Gasteiger partial charge in [-0.05, 0) is 37.1 Å². The Morgan fingerprint density at radius 2 is 1.96 bits per heavy atom. The van der Waals surface area contributed by atoms with Crippen LogP contribution in [0.15, 0.2) is 79.0 Å². The maximum Gasteiger partial charge on any atom is 0.353 e. The number of aliphatic carboxylic acids is 1. The summed E-state index contributed by atoms with van der Waals surface area (Å²) < 4.78 is 5.85. The van der Waals surface area contributed by atoms with Gasteiger partial charge in [-0.2, -0.15) is 0 Å². The minimum absolute atomic E-state index is 0.0788. The summed E-state index contributed by atoms with van der Waals surface area (Å²) in [4.78, 5) is 13.0. The molecule has 0 bridgehead atoms. The van der Waals surface area contributed by atoms with E-state index < -0.39 is 5.97 Å². The van der Waals surface area contributed by atoms with Crippen LogP contribution in [0.3, 0.4) is 0 Å². The molecule has 0 unspecified atom stereocenters. The first-order chi connectivity index (χ1) is 12.0. The van der Waals surface area contributed by atoms with E-state index >= 15 is 0 Å². The van der Waals surface area contributed by atoms with Crippen molar-refractivity contribution in [2.45, 2.75) is 13.8 Å². The molecular weight excluding hydrogens is 314 g/mol. The van der Waals surface area contributed by atoms with Crippen molar-refractivity contribution < 1.29 is 14.6 Å². The summed E-state index contributed by atoms with van der Waals surface area (Å²) in [6.45, 7) is 11.5. The van der Waals surface area contributed by atoms with Gasteiger partial charge in [0.15, 0.2) is 0 Å². The van der Waals surface area contributed by atoms with E-state index in [9.17, 15) is 9.90 Å². The molecule has 0 aromatic heterocycles. The molecule has 0 atom stereocenters. The summed E-state index contributed by atoms with van der Waals surface area (Å²) in [7, 11) is 0. The number of carboxylic acids is 1. The Morgan fingerprint density at radius 3 is 2.56 bits per heavy atom. The van der Waals surface area contributed by atoms with Crippen molar-refractivity contribution in [3.8, 4) is 5.75 Å². The minimum atomic E-state index is -1.05. The Bertz CT molecular complexity index is 826. The van der Waals surface area contributed by atoms with E-state index in [2.05, 4.69) is 13.2 Å². The molecule has 25 heavy (non-hydrogen) atoms. The van der Waals surface area contributed by atoms with Gasteiger partial charge in [-0.3, -0.25) is 0 Å². The average molecular weight is 335 g/mol. The summed E-state index contributed by atoms with van der Waals surface area (Å²) >= 11 is 0. The van der Waals surface area contributed by atoms with Crippen LogP contribution in [-0.2, 0) is 4.79 Å². The average Bonchev–Trinajstić information content (AvgIpc) is 2.58. The molecule has 2 rings (SSSR count). The van der Waals surface area contributed by atoms with Gasteiger partial charge in [0.25, 0.3) is 0 Å². The number of benzene rings is 1. The molecule has 0 amide bonds. The first-order valence-electron chi connectivity index (χ1n) is 7.84. The van der Waals surface area contributed by atoms with Gasteiger partial charge in [-0.25, -0.2) is 4.79 Å². The second-order valence-electron chi connectivity index (χ2n) is 5.32. The fourth-order valence-corrected chi connectivity index (χ4v) is 2.44. The number of rotatable bonds is 6. The Morgan fingerprint density at radius 1 is 1.20 bits per heavy atom. The van der Waals surface area contributed by atoms with Crippen LogP contribution in [0.1, 0.15) is 25.0 Å². The second-order valence-corrected chi connectivity index (χ2v) is 5.32. The van der Waals surface area contributed by atoms with E-state index in [-0.39, 0.29) is 5.70 Å². The number of hydrogen-bond acceptors (Lipinski definition) is 3. The highest BCUT2D eigenvalue weighted by molar-refractivity contribution is 5.88. The maximum absolute atomic E-state index is 11.5. The van der Waals surface area contributed by atoms with Crippen molar-refractivity contribution in [1.82, 2.24) is 4.90 Å². The van der Waals surface area contributed by atoms with Crippen LogP contribution in [0.5, 0.6) is 5.75 Å². The van der Waals surface area contributed by atoms with Crippen molar-refractivity contribution in [2.75, 3.05) is 0 Å². The first kappa shape index (κ1) is 18.1. The van der Waals surface area contributed by atoms with Gasteiger partial charge in [0.1, 0.15) is 17.2 Å². The van der Waals surface area contributed by atoms with E-state index in [1.165, 1.54) is 11.0 Å². The molecule has 4 nitrogen and oxygen atoms in total. The van der Waals surface area contributed by atoms with Crippen LogP contribution in [0, 0.1) is 0 Å². The third kappa shape index (κ3) is 4.18. The topological polar surface area (TPSA) is 49.8 Å². The highest BCUT2D eigenvalue weighted by Crippen LogP contribution is 2.27. The van der Waals surface area contributed by atoms with Crippen LogP contribution < -0.4 is 4.74 Å². The molecule has 0 spiro atoms. The third-order valence-electron chi connectivity index (χ3n) is 3.53. The molecule has 1 aliphatic heterocycles. The molecule has 0 aliphatic carbocycles. The van der Waals surface area contributed by atoms with Crippen LogP contribution in [0.2, 0.25) is 0 Å². The van der Waals surface area contributed by atoms with Crippen LogP contribution >= 0.6 is 0 Å². The lowest BCUT2D eigenvalue weighted by Crippen LogP contribution is -2.24. The smallest absolute Gasteiger partial charge is 0.353 e. The molecule has 1 heterocycles. The molecular formula is C21H21NO3. The normalized spacial score (nSPS) is 14.6. The molecule has 1 aromatic carbocycles. The van der Waals surface area contributed by atoms with Gasteiger partial charge in [-0.15, -0.1) is 0 Å². The predicted octanol–water partition coefficient (Wildman–Crippen LogP) is 4.96. The predicted molar refractivity (Wildman–Crippen MR) is 101 cm³/mol. The number of carbonyl (C=O) groups is 1. The van der Waals surface area contributed by atoms with E-state index in [0.29, 0.717) is 17.2 Å². The van der Waals surface area contributed by atoms with Crippen molar-refractivity contribution in [2.24, 2.45) is 0 Å². The Balaban J connectivity index is 2.34. The zero-order chi connectivity index (χ0) is 18.4. The summed E-state index contributed by atoms with van der Waals surface area (Å²) in [6, 6.07) is 5.62. The Kier molecular flexibility index (Phi) is 5.79. The molecule has 1 aliphatic rings. The lowest BCUT2D eigenvalue weighted by molar-refractivity contribution is -0.133. The van der Waals surface area contributed by atoms with E-state index in [1.807, 2.05) is 44.2 Å². The van der Waals surface area contributed by atoms with Crippen LogP contribution in [0.4, 0.5) is 0 Å². The summed E-state index contributed by atoms with van der Waals surface area (Å²) in [5.41, 5.74) is 2.56. The quantitative estimate of drug-likeness (QED) is 0.798. The van der Waals surface area contributed by atoms with E-state index in [4.69, 9.17) is 4.74 Å². The van der Waals surface area contributed by atoms with Gasteiger partial charge in [-0.1, -0.05) is 43.5 Å². The Hall–Kier alpha value is -3.27. The molecule has 0 radical (unpaired) electrons. The number of allylic oxidation sites excluding steroid dienone is 4. The van der Waals surface area contributed by atoms with Gasteiger partial charge in [0.2, 0.25) is 0 Å². The first-order valence-corrected chi connectivity index (χ1v) is 7.84. The summed E-state index contributed by atoms with van der Waals surface area (Å²) in [5, 5.41) is 9.43. The Labute approximate surface area is 148 Å². The van der Waals surface area contributed by atoms with Gasteiger partial charge in [0.05, 0.1) is 0 Å². The lowest BCUT2D eigenvalue weighted by Gasteiger charge is -2.25. The number of nitrogens with zero attached hydrogens (tertiary/aromatic N) is 1. The standard InChI is InChI=1S/C21H21NO3/c1-5-8-17-9-10-18(13-16(17)7-3)25-19-12-15(4)22(11-6-2)20(14-19)21(23)24/h5-14H,3-4H2,1-2H3,(H,23,24)/b8-5-,11-6-. The van der Waals surface area contributed by atoms with Crippen molar-refractivity contribution in [3.05, 3.63) is 90.1 Å². The number of carboxylic acid groups (broad SMARTS) is 1. The highest BCUT2D eigenvalue weighted by Gasteiger charge is 2.22. The number of ether oxygens (including phenoxy) is 1. The van der Waals surface area contributed by atoms with Gasteiger partial charge >= 0.3 is 5.97 Å². The molecule has 0 saturated heterocycles. The maximum atomic E-state index is 11.5. The molecule has 4 heteroatoms. The van der Waals surface area contributed by atoms with Crippen LogP contribution in [-0.4, -0.2) is 16.0 Å². The molecule has 0 fully saturated rings. The second kappa shape index (κ2) is 8.02. The third-order valence-corrected chi connectivity index (χ3v) is 3.53. The molecule has 128 valence electrons. The zero-order valence-corrected chi connectivity index (χ0v) is 14.4. The summed E-state index contributed by atoms with van der Waals surface area (Å²) in [5.74, 6) is -0.0386. The highest BCUT2D eigenvalue weighted by atomic mass is 16.5. The van der Waals surface area contributed by atoms with Crippen molar-refractivity contribution in [3.63, 3.8) is 0 Å². The van der Waals surface area contributed by atoms with Crippen molar-refractivity contribution >= 4 is 18.1 Å². The van der Waals surface area contributed by atoms with Gasteiger partial charge < -0.3 is 14.7 Å². The minimum Gasteiger partial charge on any atom is -0.477 e. The van der Waals surface area contributed by atoms with E-state index in [1.54, 1.807) is 24.4 Å². The fourth-order valence-electron chi connectivity index (χ4n) is 2.44. The SMILES string of the molecule is C=Cc1cc(OC2=CC(=C)N(/C=C\C)C(C(=O)O)=C2)ccc1/C=C\C. The van der Waals surface area contributed by atoms with Gasteiger partial charge in [0, 0.05) is 24.0 Å². The van der Waals surface area contributed by atoms with Crippen LogP contribution in [0.25, 0.3) is 12.2 Å². The zero-order valence-electron chi connectivity index (χ0n) is 14.4. The lowest BCUT2D eigenvalue weighted by atomic mass is 10.1. The monoisotopic (exact) mass is 335 g/mol. The number of hydrogen-bond donors (Lipinski definition) is 1. The molecule has 0 saturated carbocycles. The largest absolute Gasteiger partial charge is 0.477 e. The fraction of sp³-hybridized carbons (Fsp3) is 0.0952. The van der Waals surface area contributed by atoms with Crippen molar-refractivity contribution in [1.29, 1.82) is 0 Å². The summed E-state index contributed by atoms with van der Waals surface area (Å²) in [6.07, 6.45) is 12.3. The molecule has 1 aromatic rings. The van der Waals surface area contributed by atoms with E-state index in [0.717, 1.165) is 11.1 Å². The molecule has 1 N–H and O–H groups in total.